The van der Waals surface area contributed by atoms with Crippen LogP contribution in [0, 0.1) is 0 Å². The Morgan fingerprint density at radius 2 is 1.68 bits per heavy atom. The van der Waals surface area contributed by atoms with Crippen molar-refractivity contribution < 1.29 is 13.5 Å². The number of benzene rings is 2. The van der Waals surface area contributed by atoms with Crippen molar-refractivity contribution in [2.75, 3.05) is 19.3 Å². The maximum Gasteiger partial charge on any atom is 0.257 e. The van der Waals surface area contributed by atoms with Gasteiger partial charge in [0, 0.05) is 31.6 Å². The second-order valence-corrected chi connectivity index (χ2v) is 9.71. The van der Waals surface area contributed by atoms with Crippen LogP contribution in [0.1, 0.15) is 16.8 Å². The van der Waals surface area contributed by atoms with Crippen LogP contribution in [0.3, 0.4) is 0 Å². The summed E-state index contributed by atoms with van der Waals surface area (Å²) < 4.78 is 27.0. The Morgan fingerprint density at radius 3 is 2.39 bits per heavy atom. The van der Waals surface area contributed by atoms with Gasteiger partial charge in [0.05, 0.1) is 17.5 Å². The summed E-state index contributed by atoms with van der Waals surface area (Å²) in [6, 6.07) is 16.7. The molecule has 0 unspecified atom stereocenters. The van der Waals surface area contributed by atoms with Crippen LogP contribution in [-0.4, -0.2) is 46.7 Å². The molecule has 162 valence electrons. The molecule has 8 heteroatoms. The number of aromatic nitrogens is 2. The molecule has 1 aliphatic heterocycles. The average molecular weight is 440 g/mol. The number of para-hydroxylation sites is 1. The molecule has 0 amide bonds. The molecule has 2 aromatic carbocycles. The predicted octanol–water partition coefficient (Wildman–Crippen LogP) is 2.22. The lowest BCUT2D eigenvalue weighted by Crippen LogP contribution is -2.32. The quantitative estimate of drug-likeness (QED) is 0.658. The van der Waals surface area contributed by atoms with E-state index in [9.17, 15) is 18.3 Å². The fraction of sp³-hybridized carbons (Fsp3) is 0.304. The predicted molar refractivity (Wildman–Crippen MR) is 120 cm³/mol. The summed E-state index contributed by atoms with van der Waals surface area (Å²) in [5, 5.41) is 10.4. The first kappa shape index (κ1) is 21.3. The van der Waals surface area contributed by atoms with Crippen LogP contribution in [0.15, 0.2) is 59.4 Å². The van der Waals surface area contributed by atoms with Gasteiger partial charge in [0.15, 0.2) is 0 Å². The molecule has 1 N–H and O–H groups in total. The first-order chi connectivity index (χ1) is 14.8. The first-order valence-electron chi connectivity index (χ1n) is 10.2. The molecule has 4 rings (SSSR count). The van der Waals surface area contributed by atoms with Crippen molar-refractivity contribution in [3.05, 3.63) is 81.8 Å². The number of sulfonamides is 1. The highest BCUT2D eigenvalue weighted by Gasteiger charge is 2.26. The summed E-state index contributed by atoms with van der Waals surface area (Å²) >= 11 is 0. The third-order valence-corrected chi connectivity index (χ3v) is 6.94. The van der Waals surface area contributed by atoms with Crippen LogP contribution >= 0.6 is 0 Å². The molecule has 7 nitrogen and oxygen atoms in total. The summed E-state index contributed by atoms with van der Waals surface area (Å²) in [5.74, 6) is 0.458. The topological polar surface area (TPSA) is 92.5 Å². The molecule has 1 aliphatic rings. The van der Waals surface area contributed by atoms with Gasteiger partial charge in [-0.15, -0.1) is 0 Å². The van der Waals surface area contributed by atoms with Gasteiger partial charge >= 0.3 is 0 Å². The highest BCUT2D eigenvalue weighted by Crippen LogP contribution is 2.28. The number of hydrogen-bond donors (Lipinski definition) is 1. The zero-order valence-corrected chi connectivity index (χ0v) is 18.2. The van der Waals surface area contributed by atoms with Gasteiger partial charge in [-0.3, -0.25) is 9.36 Å². The molecule has 0 bridgehead atoms. The zero-order valence-electron chi connectivity index (χ0n) is 17.4. The van der Waals surface area contributed by atoms with Crippen molar-refractivity contribution in [3.8, 4) is 17.1 Å². The summed E-state index contributed by atoms with van der Waals surface area (Å²) in [7, 11) is -3.35. The van der Waals surface area contributed by atoms with Gasteiger partial charge in [0.25, 0.3) is 5.56 Å². The van der Waals surface area contributed by atoms with E-state index in [1.165, 1.54) is 10.6 Å². The van der Waals surface area contributed by atoms with Gasteiger partial charge in [-0.1, -0.05) is 42.5 Å². The summed E-state index contributed by atoms with van der Waals surface area (Å²) in [5.41, 5.74) is 2.56. The SMILES string of the molecule is CS(=O)(=O)N1CCc2nc(-c3ccccc3O)n(CCc3ccccc3)c(=O)c2CC1. The minimum atomic E-state index is -3.35. The molecular weight excluding hydrogens is 414 g/mol. The van der Waals surface area contributed by atoms with Crippen LogP contribution in [0.5, 0.6) is 5.75 Å². The van der Waals surface area contributed by atoms with Crippen LogP contribution in [0.25, 0.3) is 11.4 Å². The summed E-state index contributed by atoms with van der Waals surface area (Å²) in [6.07, 6.45) is 2.50. The van der Waals surface area contributed by atoms with Gasteiger partial charge in [-0.05, 0) is 30.5 Å². The monoisotopic (exact) mass is 439 g/mol. The maximum atomic E-state index is 13.5. The van der Waals surface area contributed by atoms with Gasteiger partial charge < -0.3 is 5.11 Å². The maximum absolute atomic E-state index is 13.5. The standard InChI is InChI=1S/C23H25N3O4S/c1-31(29,30)25-14-12-18-20(13-15-25)24-22(19-9-5-6-10-21(19)27)26(23(18)28)16-11-17-7-3-2-4-8-17/h2-10,27H,11-16H2,1H3. The van der Waals surface area contributed by atoms with Crippen LogP contribution in [0.4, 0.5) is 0 Å². The largest absolute Gasteiger partial charge is 0.507 e. The lowest BCUT2D eigenvalue weighted by atomic mass is 10.1. The molecule has 3 aromatic rings. The minimum Gasteiger partial charge on any atom is -0.507 e. The van der Waals surface area contributed by atoms with E-state index in [-0.39, 0.29) is 24.4 Å². The molecule has 0 saturated heterocycles. The van der Waals surface area contributed by atoms with Crippen LogP contribution in [-0.2, 0) is 35.8 Å². The van der Waals surface area contributed by atoms with Crippen molar-refractivity contribution in [3.63, 3.8) is 0 Å². The number of phenolic OH excluding ortho intramolecular Hbond substituents is 1. The van der Waals surface area contributed by atoms with Gasteiger partial charge in [0.1, 0.15) is 11.6 Å². The number of aryl methyl sites for hydroxylation is 1. The Kier molecular flexibility index (Phi) is 5.93. The van der Waals surface area contributed by atoms with Crippen LogP contribution < -0.4 is 5.56 Å². The Labute approximate surface area is 181 Å². The molecule has 1 aromatic heterocycles. The molecule has 0 aliphatic carbocycles. The second kappa shape index (κ2) is 8.64. The fourth-order valence-electron chi connectivity index (χ4n) is 3.97. The molecule has 31 heavy (non-hydrogen) atoms. The normalized spacial score (nSPS) is 14.7. The Hall–Kier alpha value is -2.97. The molecular formula is C23H25N3O4S. The first-order valence-corrected chi connectivity index (χ1v) is 12.1. The molecule has 0 fully saturated rings. The summed E-state index contributed by atoms with van der Waals surface area (Å²) in [4.78, 5) is 18.3. The van der Waals surface area contributed by atoms with E-state index in [1.54, 1.807) is 28.8 Å². The second-order valence-electron chi connectivity index (χ2n) is 7.73. The number of aromatic hydroxyl groups is 1. The van der Waals surface area contributed by atoms with E-state index >= 15 is 0 Å². The zero-order chi connectivity index (χ0) is 22.0. The molecule has 0 atom stereocenters. The van der Waals surface area contributed by atoms with Gasteiger partial charge in [0.2, 0.25) is 10.0 Å². The number of nitrogens with zero attached hydrogens (tertiary/aromatic N) is 3. The fourth-order valence-corrected chi connectivity index (χ4v) is 4.81. The average Bonchev–Trinajstić information content (AvgIpc) is 2.97. The molecule has 0 radical (unpaired) electrons. The van der Waals surface area contributed by atoms with Crippen molar-refractivity contribution in [2.45, 2.75) is 25.8 Å². The van der Waals surface area contributed by atoms with E-state index in [1.807, 2.05) is 30.3 Å². The van der Waals surface area contributed by atoms with Crippen molar-refractivity contribution >= 4 is 10.0 Å². The van der Waals surface area contributed by atoms with E-state index in [4.69, 9.17) is 4.98 Å². The summed E-state index contributed by atoms with van der Waals surface area (Å²) in [6.45, 7) is 0.951. The number of rotatable bonds is 5. The van der Waals surface area contributed by atoms with Crippen LogP contribution in [0.2, 0.25) is 0 Å². The molecule has 0 saturated carbocycles. The minimum absolute atomic E-state index is 0.0502. The van der Waals surface area contributed by atoms with E-state index in [2.05, 4.69) is 0 Å². The third kappa shape index (κ3) is 4.55. The number of fused-ring (bicyclic) bond motifs is 1. The lowest BCUT2D eigenvalue weighted by Gasteiger charge is -2.17. The number of hydrogen-bond acceptors (Lipinski definition) is 5. The Balaban J connectivity index is 1.80. The van der Waals surface area contributed by atoms with Crippen molar-refractivity contribution in [1.29, 1.82) is 0 Å². The Bertz CT molecular complexity index is 1250. The van der Waals surface area contributed by atoms with Crippen molar-refractivity contribution in [2.24, 2.45) is 0 Å². The molecule has 0 spiro atoms. The highest BCUT2D eigenvalue weighted by molar-refractivity contribution is 7.88. The lowest BCUT2D eigenvalue weighted by molar-refractivity contribution is 0.430. The van der Waals surface area contributed by atoms with E-state index < -0.39 is 10.0 Å². The smallest absolute Gasteiger partial charge is 0.257 e. The van der Waals surface area contributed by atoms with Gasteiger partial charge in [-0.2, -0.15) is 0 Å². The van der Waals surface area contributed by atoms with E-state index in [0.29, 0.717) is 48.5 Å². The number of phenols is 1. The van der Waals surface area contributed by atoms with Crippen molar-refractivity contribution in [1.82, 2.24) is 13.9 Å². The Morgan fingerprint density at radius 1 is 1.00 bits per heavy atom. The highest BCUT2D eigenvalue weighted by atomic mass is 32.2. The van der Waals surface area contributed by atoms with E-state index in [0.717, 1.165) is 5.56 Å². The van der Waals surface area contributed by atoms with Gasteiger partial charge in [-0.25, -0.2) is 17.7 Å². The third-order valence-electron chi connectivity index (χ3n) is 5.64. The molecule has 2 heterocycles.